The summed E-state index contributed by atoms with van der Waals surface area (Å²) in [6, 6.07) is 1.62. The lowest BCUT2D eigenvalue weighted by Crippen LogP contribution is -2.30. The molecule has 2 rings (SSSR count). The van der Waals surface area contributed by atoms with E-state index in [2.05, 4.69) is 0 Å². The van der Waals surface area contributed by atoms with Crippen LogP contribution in [0.2, 0.25) is 0 Å². The molecule has 1 aromatic rings. The maximum Gasteiger partial charge on any atom is 0.257 e. The predicted octanol–water partition coefficient (Wildman–Crippen LogP) is 0.0196. The molecule has 2 N–H and O–H groups in total. The van der Waals surface area contributed by atoms with Crippen LogP contribution in [0.4, 0.5) is 0 Å². The largest absolute Gasteiger partial charge is 0.469 e. The number of aryl methyl sites for hydroxylation is 1. The molecule has 2 heterocycles. The van der Waals surface area contributed by atoms with Crippen molar-refractivity contribution in [3.63, 3.8) is 0 Å². The van der Waals surface area contributed by atoms with Gasteiger partial charge in [0, 0.05) is 19.5 Å². The number of β-amino-alcohol motifs (C(OH)–C–C–N with tert-alkyl or cyclic N) is 2. The summed E-state index contributed by atoms with van der Waals surface area (Å²) in [7, 11) is 0. The monoisotopic (exact) mass is 225 g/mol. The summed E-state index contributed by atoms with van der Waals surface area (Å²) in [5.41, 5.74) is 0.517. The Labute approximate surface area is 93.3 Å². The van der Waals surface area contributed by atoms with Gasteiger partial charge in [-0.25, -0.2) is 0 Å². The summed E-state index contributed by atoms with van der Waals surface area (Å²) in [4.78, 5) is 13.5. The Bertz CT molecular complexity index is 377. The van der Waals surface area contributed by atoms with Crippen molar-refractivity contribution in [2.45, 2.75) is 25.6 Å². The van der Waals surface area contributed by atoms with Crippen LogP contribution in [0, 0.1) is 0 Å². The minimum absolute atomic E-state index is 0.175. The fraction of sp³-hybridized carbons (Fsp3) is 0.545. The predicted molar refractivity (Wildman–Crippen MR) is 56.0 cm³/mol. The number of carbonyl (C=O) groups is 1. The van der Waals surface area contributed by atoms with Crippen LogP contribution in [0.5, 0.6) is 0 Å². The Morgan fingerprint density at radius 2 is 2.12 bits per heavy atom. The van der Waals surface area contributed by atoms with E-state index in [0.717, 1.165) is 0 Å². The van der Waals surface area contributed by atoms with Gasteiger partial charge in [0.2, 0.25) is 0 Å². The first-order valence-corrected chi connectivity index (χ1v) is 5.35. The second kappa shape index (κ2) is 4.27. The summed E-state index contributed by atoms with van der Waals surface area (Å²) < 4.78 is 5.18. The summed E-state index contributed by atoms with van der Waals surface area (Å²) in [5.74, 6) is 0.446. The first kappa shape index (κ1) is 11.2. The second-order valence-corrected chi connectivity index (χ2v) is 3.96. The first-order valence-electron chi connectivity index (χ1n) is 5.35. The molecule has 0 spiro atoms. The van der Waals surface area contributed by atoms with Crippen molar-refractivity contribution in [1.29, 1.82) is 0 Å². The molecule has 1 amide bonds. The van der Waals surface area contributed by atoms with E-state index in [9.17, 15) is 15.0 Å². The molecule has 0 saturated carbocycles. The standard InChI is InChI=1S/C11H15NO4/c1-2-10-7(3-4-16-10)11(15)12-5-8(13)9(14)6-12/h3-4,8-9,13-14H,2,5-6H2,1H3. The number of hydrogen-bond acceptors (Lipinski definition) is 4. The van der Waals surface area contributed by atoms with Crippen molar-refractivity contribution < 1.29 is 19.4 Å². The number of carbonyl (C=O) groups excluding carboxylic acids is 1. The minimum Gasteiger partial charge on any atom is -0.469 e. The lowest BCUT2D eigenvalue weighted by atomic mass is 10.2. The molecular weight excluding hydrogens is 210 g/mol. The topological polar surface area (TPSA) is 73.9 Å². The van der Waals surface area contributed by atoms with E-state index in [0.29, 0.717) is 17.7 Å². The highest BCUT2D eigenvalue weighted by Crippen LogP contribution is 2.18. The molecule has 2 unspecified atom stereocenters. The molecule has 88 valence electrons. The molecule has 5 nitrogen and oxygen atoms in total. The molecule has 0 radical (unpaired) electrons. The normalized spacial score (nSPS) is 25.1. The van der Waals surface area contributed by atoms with Gasteiger partial charge in [-0.1, -0.05) is 6.92 Å². The van der Waals surface area contributed by atoms with E-state index in [4.69, 9.17) is 4.42 Å². The van der Waals surface area contributed by atoms with Crippen molar-refractivity contribution in [2.75, 3.05) is 13.1 Å². The van der Waals surface area contributed by atoms with Crippen LogP contribution in [-0.4, -0.2) is 46.3 Å². The average molecular weight is 225 g/mol. The smallest absolute Gasteiger partial charge is 0.257 e. The molecule has 0 aromatic carbocycles. The van der Waals surface area contributed by atoms with Crippen LogP contribution in [0.1, 0.15) is 23.0 Å². The van der Waals surface area contributed by atoms with Crippen molar-refractivity contribution in [3.8, 4) is 0 Å². The highest BCUT2D eigenvalue weighted by molar-refractivity contribution is 5.95. The summed E-state index contributed by atoms with van der Waals surface area (Å²) in [6.45, 7) is 2.26. The molecular formula is C11H15NO4. The molecule has 1 aliphatic heterocycles. The molecule has 0 bridgehead atoms. The number of amides is 1. The van der Waals surface area contributed by atoms with Gasteiger partial charge in [0.05, 0.1) is 24.0 Å². The van der Waals surface area contributed by atoms with Crippen molar-refractivity contribution >= 4 is 5.91 Å². The number of aliphatic hydroxyl groups is 2. The quantitative estimate of drug-likeness (QED) is 0.744. The van der Waals surface area contributed by atoms with Gasteiger partial charge in [0.1, 0.15) is 5.76 Å². The van der Waals surface area contributed by atoms with Gasteiger partial charge in [-0.3, -0.25) is 4.79 Å². The third-order valence-electron chi connectivity index (χ3n) is 2.84. The number of aliphatic hydroxyl groups excluding tert-OH is 2. The maximum absolute atomic E-state index is 12.0. The lowest BCUT2D eigenvalue weighted by molar-refractivity contribution is 0.0572. The highest BCUT2D eigenvalue weighted by Gasteiger charge is 2.33. The van der Waals surface area contributed by atoms with Crippen LogP contribution in [0.3, 0.4) is 0 Å². The molecule has 1 saturated heterocycles. The molecule has 5 heteroatoms. The van der Waals surface area contributed by atoms with Gasteiger partial charge in [0.15, 0.2) is 0 Å². The van der Waals surface area contributed by atoms with Crippen molar-refractivity contribution in [2.24, 2.45) is 0 Å². The Hall–Kier alpha value is -1.33. The van der Waals surface area contributed by atoms with Crippen LogP contribution in [0.25, 0.3) is 0 Å². The number of likely N-dealkylation sites (tertiary alicyclic amines) is 1. The Balaban J connectivity index is 2.14. The van der Waals surface area contributed by atoms with E-state index in [1.807, 2.05) is 6.92 Å². The molecule has 1 fully saturated rings. The number of furan rings is 1. The van der Waals surface area contributed by atoms with Crippen molar-refractivity contribution in [1.82, 2.24) is 4.90 Å². The summed E-state index contributed by atoms with van der Waals surface area (Å²) in [5, 5.41) is 18.7. The third-order valence-corrected chi connectivity index (χ3v) is 2.84. The number of hydrogen-bond donors (Lipinski definition) is 2. The zero-order valence-corrected chi connectivity index (χ0v) is 9.09. The number of nitrogens with zero attached hydrogens (tertiary/aromatic N) is 1. The molecule has 1 aromatic heterocycles. The molecule has 0 aliphatic carbocycles. The molecule has 16 heavy (non-hydrogen) atoms. The average Bonchev–Trinajstić information content (AvgIpc) is 2.85. The Morgan fingerprint density at radius 1 is 1.50 bits per heavy atom. The third kappa shape index (κ3) is 1.83. The fourth-order valence-corrected chi connectivity index (χ4v) is 1.91. The SMILES string of the molecule is CCc1occc1C(=O)N1CC(O)C(O)C1. The van der Waals surface area contributed by atoms with E-state index in [1.165, 1.54) is 11.2 Å². The zero-order chi connectivity index (χ0) is 11.7. The van der Waals surface area contributed by atoms with E-state index in [1.54, 1.807) is 6.07 Å². The number of rotatable bonds is 2. The second-order valence-electron chi connectivity index (χ2n) is 3.96. The van der Waals surface area contributed by atoms with Crippen LogP contribution in [-0.2, 0) is 6.42 Å². The molecule has 2 atom stereocenters. The first-order chi connectivity index (χ1) is 7.63. The van der Waals surface area contributed by atoms with Gasteiger partial charge in [0.25, 0.3) is 5.91 Å². The lowest BCUT2D eigenvalue weighted by Gasteiger charge is -2.14. The van der Waals surface area contributed by atoms with E-state index in [-0.39, 0.29) is 19.0 Å². The summed E-state index contributed by atoms with van der Waals surface area (Å²) in [6.07, 6.45) is 0.434. The van der Waals surface area contributed by atoms with E-state index < -0.39 is 12.2 Å². The highest BCUT2D eigenvalue weighted by atomic mass is 16.3. The fourth-order valence-electron chi connectivity index (χ4n) is 1.91. The van der Waals surface area contributed by atoms with Gasteiger partial charge < -0.3 is 19.5 Å². The van der Waals surface area contributed by atoms with Crippen LogP contribution in [0.15, 0.2) is 16.7 Å². The molecule has 1 aliphatic rings. The van der Waals surface area contributed by atoms with Gasteiger partial charge >= 0.3 is 0 Å². The zero-order valence-electron chi connectivity index (χ0n) is 9.09. The summed E-state index contributed by atoms with van der Waals surface area (Å²) >= 11 is 0. The maximum atomic E-state index is 12.0. The minimum atomic E-state index is -0.846. The Kier molecular flexibility index (Phi) is 2.98. The van der Waals surface area contributed by atoms with E-state index >= 15 is 0 Å². The van der Waals surface area contributed by atoms with Crippen molar-refractivity contribution in [3.05, 3.63) is 23.7 Å². The Morgan fingerprint density at radius 3 is 2.69 bits per heavy atom. The van der Waals surface area contributed by atoms with Gasteiger partial charge in [-0.05, 0) is 6.07 Å². The van der Waals surface area contributed by atoms with Gasteiger partial charge in [-0.15, -0.1) is 0 Å². The van der Waals surface area contributed by atoms with Crippen LogP contribution >= 0.6 is 0 Å². The van der Waals surface area contributed by atoms with Gasteiger partial charge in [-0.2, -0.15) is 0 Å². The van der Waals surface area contributed by atoms with Crippen LogP contribution < -0.4 is 0 Å².